The van der Waals surface area contributed by atoms with Crippen molar-refractivity contribution in [3.05, 3.63) is 0 Å². The number of hydrogen-bond acceptors (Lipinski definition) is 2. The number of carboxylic acids is 1. The van der Waals surface area contributed by atoms with E-state index in [-0.39, 0.29) is 11.8 Å². The largest absolute Gasteiger partial charge is 0.480 e. The normalized spacial score (nSPS) is 15.5. The minimum absolute atomic E-state index is 0.154. The predicted molar refractivity (Wildman–Crippen MR) is 67.6 cm³/mol. The third-order valence-corrected chi connectivity index (χ3v) is 2.67. The van der Waals surface area contributed by atoms with Crippen LogP contribution < -0.4 is 5.32 Å². The molecule has 0 spiro atoms. The highest BCUT2D eigenvalue weighted by Crippen LogP contribution is 2.20. The molecule has 100 valence electrons. The summed E-state index contributed by atoms with van der Waals surface area (Å²) in [5.41, 5.74) is -0.487. The maximum Gasteiger partial charge on any atom is 0.326 e. The zero-order chi connectivity index (χ0) is 13.8. The van der Waals surface area contributed by atoms with Crippen molar-refractivity contribution < 1.29 is 14.7 Å². The molecule has 0 fully saturated rings. The molecule has 0 aliphatic heterocycles. The van der Waals surface area contributed by atoms with Crippen LogP contribution in [0.15, 0.2) is 0 Å². The SMILES string of the molecule is CC(C)CC(C)C(=O)NC(C(=O)O)C(C)(C)C. The molecule has 0 aliphatic rings. The maximum absolute atomic E-state index is 11.9. The first kappa shape index (κ1) is 15.9. The van der Waals surface area contributed by atoms with Crippen molar-refractivity contribution in [1.29, 1.82) is 0 Å². The van der Waals surface area contributed by atoms with Crippen LogP contribution in [0.2, 0.25) is 0 Å². The minimum Gasteiger partial charge on any atom is -0.480 e. The average Bonchev–Trinajstić information content (AvgIpc) is 2.09. The van der Waals surface area contributed by atoms with Gasteiger partial charge in [-0.05, 0) is 17.8 Å². The number of carboxylic acid groups (broad SMARTS) is 1. The molecule has 17 heavy (non-hydrogen) atoms. The van der Waals surface area contributed by atoms with E-state index in [1.54, 1.807) is 20.8 Å². The second-order valence-electron chi connectivity index (χ2n) is 6.18. The van der Waals surface area contributed by atoms with E-state index in [2.05, 4.69) is 5.32 Å². The fourth-order valence-corrected chi connectivity index (χ4v) is 1.75. The Hall–Kier alpha value is -1.06. The zero-order valence-corrected chi connectivity index (χ0v) is 11.7. The summed E-state index contributed by atoms with van der Waals surface area (Å²) in [5.74, 6) is -0.892. The van der Waals surface area contributed by atoms with Gasteiger partial charge in [0.25, 0.3) is 0 Å². The van der Waals surface area contributed by atoms with Gasteiger partial charge in [0.05, 0.1) is 0 Å². The molecule has 1 amide bonds. The Morgan fingerprint density at radius 2 is 1.65 bits per heavy atom. The first-order valence-electron chi connectivity index (χ1n) is 6.09. The van der Waals surface area contributed by atoms with Crippen molar-refractivity contribution in [3.8, 4) is 0 Å². The predicted octanol–water partition coefficient (Wildman–Crippen LogP) is 2.28. The van der Waals surface area contributed by atoms with Gasteiger partial charge in [-0.2, -0.15) is 0 Å². The first-order valence-corrected chi connectivity index (χ1v) is 6.09. The zero-order valence-electron chi connectivity index (χ0n) is 11.7. The molecule has 4 heteroatoms. The number of nitrogens with one attached hydrogen (secondary N) is 1. The smallest absolute Gasteiger partial charge is 0.326 e. The Morgan fingerprint density at radius 1 is 1.18 bits per heavy atom. The maximum atomic E-state index is 11.9. The van der Waals surface area contributed by atoms with Crippen LogP contribution in [0.25, 0.3) is 0 Å². The van der Waals surface area contributed by atoms with Crippen LogP contribution in [-0.4, -0.2) is 23.0 Å². The van der Waals surface area contributed by atoms with E-state index in [1.165, 1.54) is 0 Å². The Morgan fingerprint density at radius 3 is 1.94 bits per heavy atom. The molecule has 0 saturated heterocycles. The van der Waals surface area contributed by atoms with Gasteiger partial charge in [0.2, 0.25) is 5.91 Å². The number of rotatable bonds is 5. The summed E-state index contributed by atoms with van der Waals surface area (Å²) < 4.78 is 0. The third-order valence-electron chi connectivity index (χ3n) is 2.67. The molecule has 0 radical (unpaired) electrons. The van der Waals surface area contributed by atoms with Crippen LogP contribution >= 0.6 is 0 Å². The lowest BCUT2D eigenvalue weighted by molar-refractivity contribution is -0.145. The van der Waals surface area contributed by atoms with E-state index in [1.807, 2.05) is 20.8 Å². The summed E-state index contributed by atoms with van der Waals surface area (Å²) in [6, 6.07) is -0.843. The van der Waals surface area contributed by atoms with E-state index in [0.717, 1.165) is 6.42 Å². The van der Waals surface area contributed by atoms with Gasteiger partial charge in [-0.15, -0.1) is 0 Å². The van der Waals surface area contributed by atoms with Crippen LogP contribution in [0, 0.1) is 17.3 Å². The quantitative estimate of drug-likeness (QED) is 0.778. The molecule has 0 rings (SSSR count). The monoisotopic (exact) mass is 243 g/mol. The molecule has 2 N–H and O–H groups in total. The molecule has 0 heterocycles. The van der Waals surface area contributed by atoms with E-state index >= 15 is 0 Å². The summed E-state index contributed by atoms with van der Waals surface area (Å²) in [7, 11) is 0. The van der Waals surface area contributed by atoms with Gasteiger partial charge >= 0.3 is 5.97 Å². The van der Waals surface area contributed by atoms with Gasteiger partial charge < -0.3 is 10.4 Å². The minimum atomic E-state index is -0.984. The van der Waals surface area contributed by atoms with Gasteiger partial charge in [-0.3, -0.25) is 4.79 Å². The molecule has 0 aromatic heterocycles. The molecular weight excluding hydrogens is 218 g/mol. The molecule has 0 aliphatic carbocycles. The van der Waals surface area contributed by atoms with E-state index < -0.39 is 17.4 Å². The fourth-order valence-electron chi connectivity index (χ4n) is 1.75. The third kappa shape index (κ3) is 5.71. The fraction of sp³-hybridized carbons (Fsp3) is 0.846. The van der Waals surface area contributed by atoms with Crippen LogP contribution in [0.3, 0.4) is 0 Å². The van der Waals surface area contributed by atoms with Gasteiger partial charge in [-0.1, -0.05) is 41.5 Å². The molecule has 0 aromatic carbocycles. The lowest BCUT2D eigenvalue weighted by atomic mass is 9.86. The summed E-state index contributed by atoms with van der Waals surface area (Å²) in [4.78, 5) is 23.0. The van der Waals surface area contributed by atoms with Gasteiger partial charge in [0.1, 0.15) is 6.04 Å². The van der Waals surface area contributed by atoms with Gasteiger partial charge in [-0.25, -0.2) is 4.79 Å². The second kappa shape index (κ2) is 6.03. The van der Waals surface area contributed by atoms with Crippen LogP contribution in [0.5, 0.6) is 0 Å². The number of carbonyl (C=O) groups is 2. The molecule has 0 bridgehead atoms. The lowest BCUT2D eigenvalue weighted by Gasteiger charge is -2.29. The molecule has 4 nitrogen and oxygen atoms in total. The molecule has 0 saturated carbocycles. The van der Waals surface area contributed by atoms with Crippen molar-refractivity contribution in [2.75, 3.05) is 0 Å². The van der Waals surface area contributed by atoms with Crippen molar-refractivity contribution in [2.45, 2.75) is 54.0 Å². The van der Waals surface area contributed by atoms with Gasteiger partial charge in [0.15, 0.2) is 0 Å². The summed E-state index contributed by atoms with van der Waals surface area (Å²) in [6.07, 6.45) is 0.766. The highest BCUT2D eigenvalue weighted by molar-refractivity contribution is 5.85. The summed E-state index contributed by atoms with van der Waals surface area (Å²) >= 11 is 0. The highest BCUT2D eigenvalue weighted by atomic mass is 16.4. The Kier molecular flexibility index (Phi) is 5.66. The second-order valence-corrected chi connectivity index (χ2v) is 6.18. The number of amides is 1. The summed E-state index contributed by atoms with van der Waals surface area (Å²) in [5, 5.41) is 11.7. The Bertz CT molecular complexity index is 279. The number of hydrogen-bond donors (Lipinski definition) is 2. The topological polar surface area (TPSA) is 66.4 Å². The van der Waals surface area contributed by atoms with E-state index in [9.17, 15) is 9.59 Å². The summed E-state index contributed by atoms with van der Waals surface area (Å²) in [6.45, 7) is 11.3. The van der Waals surface area contributed by atoms with Crippen LogP contribution in [0.4, 0.5) is 0 Å². The molecular formula is C13H25NO3. The Balaban J connectivity index is 4.58. The standard InChI is InChI=1S/C13H25NO3/c1-8(2)7-9(3)11(15)14-10(12(16)17)13(4,5)6/h8-10H,7H2,1-6H3,(H,14,15)(H,16,17). The van der Waals surface area contributed by atoms with E-state index in [4.69, 9.17) is 5.11 Å². The van der Waals surface area contributed by atoms with Crippen LogP contribution in [-0.2, 0) is 9.59 Å². The van der Waals surface area contributed by atoms with Crippen molar-refractivity contribution >= 4 is 11.9 Å². The highest BCUT2D eigenvalue weighted by Gasteiger charge is 2.33. The first-order chi connectivity index (χ1) is 7.55. The van der Waals surface area contributed by atoms with Gasteiger partial charge in [0, 0.05) is 5.92 Å². The average molecular weight is 243 g/mol. The van der Waals surface area contributed by atoms with Crippen molar-refractivity contribution in [3.63, 3.8) is 0 Å². The molecule has 2 unspecified atom stereocenters. The molecule has 2 atom stereocenters. The van der Waals surface area contributed by atoms with Crippen LogP contribution in [0.1, 0.15) is 48.0 Å². The van der Waals surface area contributed by atoms with E-state index in [0.29, 0.717) is 5.92 Å². The molecule has 0 aromatic rings. The Labute approximate surface area is 104 Å². The number of aliphatic carboxylic acids is 1. The number of carbonyl (C=O) groups excluding carboxylic acids is 1. The van der Waals surface area contributed by atoms with Crippen molar-refractivity contribution in [2.24, 2.45) is 17.3 Å². The van der Waals surface area contributed by atoms with Crippen molar-refractivity contribution in [1.82, 2.24) is 5.32 Å². The lowest BCUT2D eigenvalue weighted by Crippen LogP contribution is -2.50.